The van der Waals surface area contributed by atoms with Gasteiger partial charge < -0.3 is 19.5 Å². The van der Waals surface area contributed by atoms with Gasteiger partial charge in [-0.05, 0) is 12.3 Å². The first kappa shape index (κ1) is 13.0. The van der Waals surface area contributed by atoms with Crippen LogP contribution in [-0.4, -0.2) is 52.7 Å². The lowest BCUT2D eigenvalue weighted by atomic mass is 10.1. The molecule has 0 saturated carbocycles. The van der Waals surface area contributed by atoms with Crippen molar-refractivity contribution in [3.05, 3.63) is 17.7 Å². The summed E-state index contributed by atoms with van der Waals surface area (Å²) in [5, 5.41) is 10.7. The number of aliphatic hydroxyl groups is 1. The summed E-state index contributed by atoms with van der Waals surface area (Å²) in [6, 6.07) is 3.30. The molecule has 0 radical (unpaired) electrons. The molecule has 3 aliphatic heterocycles. The number of nitrogens with zero attached hydrogens (tertiary/aromatic N) is 2. The average molecular weight is 306 g/mol. The number of fused-ring (bicyclic) bond motifs is 3. The third-order valence-corrected chi connectivity index (χ3v) is 4.77. The summed E-state index contributed by atoms with van der Waals surface area (Å²) in [7, 11) is 0. The van der Waals surface area contributed by atoms with Crippen LogP contribution >= 0.6 is 11.8 Å². The van der Waals surface area contributed by atoms with E-state index in [1.54, 1.807) is 17.0 Å². The number of rotatable bonds is 0. The van der Waals surface area contributed by atoms with Crippen molar-refractivity contribution in [1.29, 1.82) is 0 Å². The molecule has 0 unspecified atom stereocenters. The molecular formula is C14H14N2O4S. The molecule has 0 aliphatic carbocycles. The predicted molar refractivity (Wildman–Crippen MR) is 78.6 cm³/mol. The number of carbonyl (C=O) groups excluding carboxylic acids is 1. The molecule has 1 fully saturated rings. The van der Waals surface area contributed by atoms with Crippen LogP contribution in [0.1, 0.15) is 16.8 Å². The van der Waals surface area contributed by atoms with Crippen molar-refractivity contribution in [3.63, 3.8) is 0 Å². The van der Waals surface area contributed by atoms with Gasteiger partial charge in [-0.3, -0.25) is 4.79 Å². The summed E-state index contributed by atoms with van der Waals surface area (Å²) < 4.78 is 10.7. The second kappa shape index (κ2) is 4.64. The van der Waals surface area contributed by atoms with Gasteiger partial charge in [0.25, 0.3) is 5.91 Å². The maximum Gasteiger partial charge on any atom is 0.256 e. The van der Waals surface area contributed by atoms with Crippen LogP contribution < -0.4 is 9.47 Å². The summed E-state index contributed by atoms with van der Waals surface area (Å²) in [5.74, 6) is 1.08. The fourth-order valence-electron chi connectivity index (χ4n) is 3.00. The number of hydrogen-bond acceptors (Lipinski definition) is 6. The van der Waals surface area contributed by atoms with E-state index < -0.39 is 6.10 Å². The summed E-state index contributed by atoms with van der Waals surface area (Å²) in [6.07, 6.45) is 1.97. The van der Waals surface area contributed by atoms with Gasteiger partial charge >= 0.3 is 0 Å². The highest BCUT2D eigenvalue weighted by Gasteiger charge is 2.40. The van der Waals surface area contributed by atoms with Gasteiger partial charge in [0, 0.05) is 19.0 Å². The van der Waals surface area contributed by atoms with Gasteiger partial charge in [-0.1, -0.05) is 0 Å². The molecule has 1 N–H and O–H groups in total. The Morgan fingerprint density at radius 1 is 1.38 bits per heavy atom. The zero-order valence-electron chi connectivity index (χ0n) is 11.4. The average Bonchev–Trinajstić information content (AvgIpc) is 3.06. The highest BCUT2D eigenvalue weighted by molar-refractivity contribution is 8.13. The van der Waals surface area contributed by atoms with Crippen molar-refractivity contribution in [2.24, 2.45) is 4.99 Å². The lowest BCUT2D eigenvalue weighted by Gasteiger charge is -2.22. The van der Waals surface area contributed by atoms with E-state index in [-0.39, 0.29) is 18.7 Å². The quantitative estimate of drug-likeness (QED) is 0.784. The first-order valence-electron chi connectivity index (χ1n) is 6.72. The van der Waals surface area contributed by atoms with Crippen molar-refractivity contribution < 1.29 is 19.4 Å². The number of aliphatic hydroxyl groups excluding tert-OH is 1. The van der Waals surface area contributed by atoms with E-state index in [0.717, 1.165) is 5.04 Å². The van der Waals surface area contributed by atoms with Crippen LogP contribution in [-0.2, 0) is 0 Å². The molecule has 6 nitrogen and oxygen atoms in total. The number of amides is 1. The molecule has 2 atom stereocenters. The maximum atomic E-state index is 12.8. The van der Waals surface area contributed by atoms with Crippen LogP contribution in [0.5, 0.6) is 11.5 Å². The fourth-order valence-corrected chi connectivity index (χ4v) is 3.68. The minimum absolute atomic E-state index is 0.113. The van der Waals surface area contributed by atoms with Gasteiger partial charge in [-0.15, -0.1) is 11.8 Å². The van der Waals surface area contributed by atoms with Gasteiger partial charge in [0.1, 0.15) is 0 Å². The van der Waals surface area contributed by atoms with E-state index in [4.69, 9.17) is 9.47 Å². The zero-order chi connectivity index (χ0) is 14.6. The zero-order valence-corrected chi connectivity index (χ0v) is 12.2. The minimum Gasteiger partial charge on any atom is -0.454 e. The third kappa shape index (κ3) is 1.91. The number of carbonyl (C=O) groups is 1. The molecule has 3 aliphatic rings. The van der Waals surface area contributed by atoms with Crippen LogP contribution in [0.25, 0.3) is 0 Å². The predicted octanol–water partition coefficient (Wildman–Crippen LogP) is 1.40. The minimum atomic E-state index is -0.494. The molecule has 110 valence electrons. The van der Waals surface area contributed by atoms with E-state index in [9.17, 15) is 9.90 Å². The van der Waals surface area contributed by atoms with E-state index in [2.05, 4.69) is 4.99 Å². The molecule has 7 heteroatoms. The molecule has 0 aromatic heterocycles. The highest BCUT2D eigenvalue weighted by Crippen LogP contribution is 2.41. The fraction of sp³-hybridized carbons (Fsp3) is 0.429. The molecule has 0 bridgehead atoms. The van der Waals surface area contributed by atoms with E-state index >= 15 is 0 Å². The number of thioether (sulfide) groups is 1. The standard InChI is InChI=1S/C14H14N2O4S/c1-21-13-10-2-7(17)5-16(10)14(18)8-3-11-12(20-6-19-11)4-9(8)15-13/h3-4,7,10,17H,2,5-6H2,1H3/t7-,10-/m0/s1. The van der Waals surface area contributed by atoms with Crippen molar-refractivity contribution >= 4 is 28.4 Å². The largest absolute Gasteiger partial charge is 0.454 e. The molecule has 0 spiro atoms. The number of aliphatic imine (C=N–C) groups is 1. The van der Waals surface area contributed by atoms with Crippen LogP contribution in [0.15, 0.2) is 17.1 Å². The smallest absolute Gasteiger partial charge is 0.256 e. The molecule has 1 aromatic rings. The number of ether oxygens (including phenoxy) is 2. The third-order valence-electron chi connectivity index (χ3n) is 3.99. The van der Waals surface area contributed by atoms with E-state index in [0.29, 0.717) is 35.7 Å². The topological polar surface area (TPSA) is 71.4 Å². The molecule has 3 heterocycles. The monoisotopic (exact) mass is 306 g/mol. The van der Waals surface area contributed by atoms with Crippen LogP contribution in [0, 0.1) is 0 Å². The molecule has 4 rings (SSSR count). The first-order chi connectivity index (χ1) is 10.2. The lowest BCUT2D eigenvalue weighted by molar-refractivity contribution is 0.0749. The first-order valence-corrected chi connectivity index (χ1v) is 7.95. The second-order valence-corrected chi connectivity index (χ2v) is 6.07. The van der Waals surface area contributed by atoms with Crippen LogP contribution in [0.4, 0.5) is 5.69 Å². The van der Waals surface area contributed by atoms with Gasteiger partial charge in [0.05, 0.1) is 28.4 Å². The van der Waals surface area contributed by atoms with Crippen molar-refractivity contribution in [1.82, 2.24) is 4.90 Å². The van der Waals surface area contributed by atoms with Crippen molar-refractivity contribution in [3.8, 4) is 11.5 Å². The van der Waals surface area contributed by atoms with E-state index in [1.807, 2.05) is 6.26 Å². The maximum absolute atomic E-state index is 12.8. The molecule has 21 heavy (non-hydrogen) atoms. The van der Waals surface area contributed by atoms with Gasteiger partial charge in [0.15, 0.2) is 11.5 Å². The normalized spacial score (nSPS) is 26.3. The molecule has 1 amide bonds. The Balaban J connectivity index is 1.87. The number of hydrogen-bond donors (Lipinski definition) is 1. The van der Waals surface area contributed by atoms with E-state index in [1.165, 1.54) is 11.8 Å². The Bertz CT molecular complexity index is 661. The molecular weight excluding hydrogens is 292 g/mol. The molecule has 1 saturated heterocycles. The molecule has 1 aromatic carbocycles. The van der Waals surface area contributed by atoms with Gasteiger partial charge in [0.2, 0.25) is 6.79 Å². The Labute approximate surface area is 125 Å². The van der Waals surface area contributed by atoms with Crippen molar-refractivity contribution in [2.75, 3.05) is 19.6 Å². The Kier molecular flexibility index (Phi) is 2.87. The lowest BCUT2D eigenvalue weighted by Crippen LogP contribution is -2.38. The summed E-state index contributed by atoms with van der Waals surface area (Å²) >= 11 is 1.51. The SMILES string of the molecule is CSC1=Nc2cc3c(cc2C(=O)N2C[C@@H](O)C[C@@H]12)OCO3. The summed E-state index contributed by atoms with van der Waals surface area (Å²) in [6.45, 7) is 0.507. The summed E-state index contributed by atoms with van der Waals surface area (Å²) in [5.41, 5.74) is 1.11. The van der Waals surface area contributed by atoms with Crippen LogP contribution in [0.3, 0.4) is 0 Å². The summed E-state index contributed by atoms with van der Waals surface area (Å²) in [4.78, 5) is 19.1. The van der Waals surface area contributed by atoms with Gasteiger partial charge in [-0.25, -0.2) is 4.99 Å². The van der Waals surface area contributed by atoms with Crippen LogP contribution in [0.2, 0.25) is 0 Å². The van der Waals surface area contributed by atoms with Crippen molar-refractivity contribution in [2.45, 2.75) is 18.6 Å². The highest BCUT2D eigenvalue weighted by atomic mass is 32.2. The van der Waals surface area contributed by atoms with Gasteiger partial charge in [-0.2, -0.15) is 0 Å². The number of benzene rings is 1. The second-order valence-electron chi connectivity index (χ2n) is 5.24. The Hall–Kier alpha value is -1.73. The Morgan fingerprint density at radius 2 is 2.14 bits per heavy atom. The Morgan fingerprint density at radius 3 is 2.90 bits per heavy atom.